The van der Waals surface area contributed by atoms with Crippen molar-refractivity contribution in [3.05, 3.63) is 11.4 Å². The smallest absolute Gasteiger partial charge is 0.271 e. The van der Waals surface area contributed by atoms with Gasteiger partial charge in [0.25, 0.3) is 5.91 Å². The molecule has 0 saturated carbocycles. The van der Waals surface area contributed by atoms with Crippen LogP contribution < -0.4 is 11.1 Å². The van der Waals surface area contributed by atoms with Crippen LogP contribution in [0, 0.1) is 0 Å². The standard InChI is InChI=1S/C11H20N4O2/c1-4-7(16)6-13-11(17)10-9(12)8(5-2)14-15(10)3/h7,16H,4-6,12H2,1-3H3,(H,13,17). The molecule has 0 fully saturated rings. The minimum Gasteiger partial charge on any atom is -0.395 e. The molecule has 1 aromatic rings. The number of hydrogen-bond acceptors (Lipinski definition) is 4. The summed E-state index contributed by atoms with van der Waals surface area (Å²) < 4.78 is 1.47. The molecule has 17 heavy (non-hydrogen) atoms. The van der Waals surface area contributed by atoms with E-state index in [1.54, 1.807) is 7.05 Å². The molecule has 0 aliphatic rings. The predicted octanol–water partition coefficient (Wildman–Crippen LogP) is 0.0654. The van der Waals surface area contributed by atoms with Crippen molar-refractivity contribution in [2.24, 2.45) is 7.05 Å². The Morgan fingerprint density at radius 2 is 2.24 bits per heavy atom. The monoisotopic (exact) mass is 240 g/mol. The number of amides is 1. The Hall–Kier alpha value is -1.56. The summed E-state index contributed by atoms with van der Waals surface area (Å²) in [6.07, 6.45) is 0.755. The van der Waals surface area contributed by atoms with E-state index in [2.05, 4.69) is 10.4 Å². The van der Waals surface area contributed by atoms with Crippen molar-refractivity contribution in [1.29, 1.82) is 0 Å². The van der Waals surface area contributed by atoms with Crippen LogP contribution in [0.3, 0.4) is 0 Å². The summed E-state index contributed by atoms with van der Waals surface area (Å²) in [5, 5.41) is 16.2. The zero-order chi connectivity index (χ0) is 13.0. The van der Waals surface area contributed by atoms with Crippen molar-refractivity contribution in [1.82, 2.24) is 15.1 Å². The Morgan fingerprint density at radius 3 is 2.71 bits per heavy atom. The van der Waals surface area contributed by atoms with Crippen molar-refractivity contribution in [3.8, 4) is 0 Å². The van der Waals surface area contributed by atoms with Gasteiger partial charge in [-0.05, 0) is 12.8 Å². The quantitative estimate of drug-likeness (QED) is 0.678. The van der Waals surface area contributed by atoms with Crippen LogP contribution in [0.15, 0.2) is 0 Å². The molecule has 0 aliphatic heterocycles. The molecule has 6 heteroatoms. The van der Waals surface area contributed by atoms with Crippen LogP contribution in [0.25, 0.3) is 0 Å². The molecule has 0 saturated heterocycles. The maximum absolute atomic E-state index is 11.9. The summed E-state index contributed by atoms with van der Waals surface area (Å²) in [5.41, 5.74) is 7.33. The minimum absolute atomic E-state index is 0.224. The number of nitrogen functional groups attached to an aromatic ring is 1. The van der Waals surface area contributed by atoms with E-state index < -0.39 is 6.10 Å². The lowest BCUT2D eigenvalue weighted by atomic mass is 10.2. The zero-order valence-corrected chi connectivity index (χ0v) is 10.5. The molecule has 96 valence electrons. The van der Waals surface area contributed by atoms with Gasteiger partial charge in [-0.15, -0.1) is 0 Å². The molecule has 0 bridgehead atoms. The van der Waals surface area contributed by atoms with Crippen LogP contribution >= 0.6 is 0 Å². The molecule has 1 atom stereocenters. The van der Waals surface area contributed by atoms with Gasteiger partial charge >= 0.3 is 0 Å². The number of aryl methyl sites for hydroxylation is 2. The number of aliphatic hydroxyl groups is 1. The highest BCUT2D eigenvalue weighted by atomic mass is 16.3. The molecule has 1 rings (SSSR count). The molecule has 6 nitrogen and oxygen atoms in total. The van der Waals surface area contributed by atoms with E-state index in [4.69, 9.17) is 5.73 Å². The number of aromatic nitrogens is 2. The topological polar surface area (TPSA) is 93.2 Å². The van der Waals surface area contributed by atoms with Gasteiger partial charge in [0, 0.05) is 13.6 Å². The van der Waals surface area contributed by atoms with Gasteiger partial charge in [-0.1, -0.05) is 13.8 Å². The zero-order valence-electron chi connectivity index (χ0n) is 10.5. The number of anilines is 1. The Bertz CT molecular complexity index is 400. The summed E-state index contributed by atoms with van der Waals surface area (Å²) in [4.78, 5) is 11.9. The number of carbonyl (C=O) groups excluding carboxylic acids is 1. The maximum atomic E-state index is 11.9. The Kier molecular flexibility index (Phi) is 4.51. The fourth-order valence-electron chi connectivity index (χ4n) is 1.56. The third kappa shape index (κ3) is 2.97. The summed E-state index contributed by atoms with van der Waals surface area (Å²) in [6, 6.07) is 0. The van der Waals surface area contributed by atoms with E-state index >= 15 is 0 Å². The van der Waals surface area contributed by atoms with E-state index in [0.717, 1.165) is 0 Å². The SMILES string of the molecule is CCc1nn(C)c(C(=O)NCC(O)CC)c1N. The first kappa shape index (κ1) is 13.5. The summed E-state index contributed by atoms with van der Waals surface area (Å²) >= 11 is 0. The van der Waals surface area contributed by atoms with Crippen LogP contribution in [0.2, 0.25) is 0 Å². The van der Waals surface area contributed by atoms with E-state index in [1.807, 2.05) is 13.8 Å². The molecule has 0 aromatic carbocycles. The maximum Gasteiger partial charge on any atom is 0.271 e. The van der Waals surface area contributed by atoms with Crippen molar-refractivity contribution in [2.45, 2.75) is 32.8 Å². The van der Waals surface area contributed by atoms with Crippen molar-refractivity contribution in [2.75, 3.05) is 12.3 Å². The molecule has 0 radical (unpaired) electrons. The van der Waals surface area contributed by atoms with Gasteiger partial charge < -0.3 is 16.2 Å². The molecule has 1 heterocycles. The third-order valence-corrected chi connectivity index (χ3v) is 2.68. The van der Waals surface area contributed by atoms with Gasteiger partial charge in [0.05, 0.1) is 17.5 Å². The number of aliphatic hydroxyl groups excluding tert-OH is 1. The highest BCUT2D eigenvalue weighted by molar-refractivity contribution is 5.97. The second-order valence-electron chi connectivity index (χ2n) is 3.96. The first-order valence-electron chi connectivity index (χ1n) is 5.78. The molecule has 0 aliphatic carbocycles. The number of rotatable bonds is 5. The highest BCUT2D eigenvalue weighted by Gasteiger charge is 2.19. The molecule has 1 aromatic heterocycles. The van der Waals surface area contributed by atoms with Crippen LogP contribution in [0.4, 0.5) is 5.69 Å². The van der Waals surface area contributed by atoms with Gasteiger partial charge in [0.15, 0.2) is 0 Å². The normalized spacial score (nSPS) is 12.5. The molecule has 1 unspecified atom stereocenters. The second-order valence-corrected chi connectivity index (χ2v) is 3.96. The molecule has 4 N–H and O–H groups in total. The Labute approximate surface area is 101 Å². The van der Waals surface area contributed by atoms with Crippen LogP contribution in [-0.4, -0.2) is 33.4 Å². The van der Waals surface area contributed by atoms with Gasteiger partial charge in [-0.2, -0.15) is 5.10 Å². The number of nitrogens with zero attached hydrogens (tertiary/aromatic N) is 2. The lowest BCUT2D eigenvalue weighted by Gasteiger charge is -2.09. The van der Waals surface area contributed by atoms with E-state index in [-0.39, 0.29) is 12.5 Å². The number of nitrogens with two attached hydrogens (primary N) is 1. The Balaban J connectivity index is 2.78. The molecular formula is C11H20N4O2. The van der Waals surface area contributed by atoms with Crippen molar-refractivity contribution >= 4 is 11.6 Å². The van der Waals surface area contributed by atoms with E-state index in [1.165, 1.54) is 4.68 Å². The first-order chi connectivity index (χ1) is 8.01. The molecular weight excluding hydrogens is 220 g/mol. The summed E-state index contributed by atoms with van der Waals surface area (Å²) in [6.45, 7) is 4.01. The fraction of sp³-hybridized carbons (Fsp3) is 0.636. The van der Waals surface area contributed by atoms with E-state index in [9.17, 15) is 9.90 Å². The Morgan fingerprint density at radius 1 is 1.59 bits per heavy atom. The van der Waals surface area contributed by atoms with Crippen LogP contribution in [0.5, 0.6) is 0 Å². The predicted molar refractivity (Wildman–Crippen MR) is 65.6 cm³/mol. The summed E-state index contributed by atoms with van der Waals surface area (Å²) in [5.74, 6) is -0.301. The lowest BCUT2D eigenvalue weighted by Crippen LogP contribution is -2.33. The fourth-order valence-corrected chi connectivity index (χ4v) is 1.56. The number of hydrogen-bond donors (Lipinski definition) is 3. The molecule has 1 amide bonds. The molecule has 0 spiro atoms. The highest BCUT2D eigenvalue weighted by Crippen LogP contribution is 2.16. The van der Waals surface area contributed by atoms with Crippen molar-refractivity contribution < 1.29 is 9.90 Å². The average molecular weight is 240 g/mol. The van der Waals surface area contributed by atoms with Crippen molar-refractivity contribution in [3.63, 3.8) is 0 Å². The van der Waals surface area contributed by atoms with Crippen LogP contribution in [-0.2, 0) is 13.5 Å². The lowest BCUT2D eigenvalue weighted by molar-refractivity contribution is 0.0905. The van der Waals surface area contributed by atoms with Gasteiger partial charge in [-0.3, -0.25) is 9.48 Å². The minimum atomic E-state index is -0.529. The number of carbonyl (C=O) groups is 1. The van der Waals surface area contributed by atoms with Gasteiger partial charge in [0.1, 0.15) is 5.69 Å². The van der Waals surface area contributed by atoms with Crippen LogP contribution in [0.1, 0.15) is 36.5 Å². The second kappa shape index (κ2) is 5.67. The van der Waals surface area contributed by atoms with Gasteiger partial charge in [0.2, 0.25) is 0 Å². The first-order valence-corrected chi connectivity index (χ1v) is 5.78. The van der Waals surface area contributed by atoms with Gasteiger partial charge in [-0.25, -0.2) is 0 Å². The number of nitrogens with one attached hydrogen (secondary N) is 1. The third-order valence-electron chi connectivity index (χ3n) is 2.68. The average Bonchev–Trinajstić information content (AvgIpc) is 2.60. The largest absolute Gasteiger partial charge is 0.395 e. The van der Waals surface area contributed by atoms with E-state index in [0.29, 0.717) is 29.9 Å². The summed E-state index contributed by atoms with van der Waals surface area (Å²) in [7, 11) is 1.68.